The van der Waals surface area contributed by atoms with Gasteiger partial charge >= 0.3 is 5.69 Å². The van der Waals surface area contributed by atoms with E-state index in [0.717, 1.165) is 22.0 Å². The van der Waals surface area contributed by atoms with Gasteiger partial charge < -0.3 is 4.57 Å². The van der Waals surface area contributed by atoms with Crippen LogP contribution in [0.1, 0.15) is 11.3 Å². The number of nitrogens with zero attached hydrogens (tertiary/aromatic N) is 5. The highest BCUT2D eigenvalue weighted by atomic mass is 16.2. The number of aromatic nitrogens is 5. The van der Waals surface area contributed by atoms with Gasteiger partial charge in [-0.2, -0.15) is 4.98 Å². The molecule has 0 aliphatic heterocycles. The van der Waals surface area contributed by atoms with Crippen molar-refractivity contribution in [2.45, 2.75) is 20.0 Å². The third kappa shape index (κ3) is 2.48. The Bertz CT molecular complexity index is 1570. The number of imidazole rings is 2. The van der Waals surface area contributed by atoms with Crippen molar-refractivity contribution in [2.75, 3.05) is 0 Å². The number of allylic oxidation sites excluding steroid dienone is 1. The van der Waals surface area contributed by atoms with Gasteiger partial charge in [-0.15, -0.1) is 6.58 Å². The number of benzene rings is 2. The van der Waals surface area contributed by atoms with Gasteiger partial charge in [0.15, 0.2) is 11.2 Å². The molecule has 0 saturated heterocycles. The topological polar surface area (TPSA) is 66.2 Å². The highest BCUT2D eigenvalue weighted by Gasteiger charge is 2.20. The molecule has 5 aromatic rings. The van der Waals surface area contributed by atoms with Crippen molar-refractivity contribution < 1.29 is 0 Å². The lowest BCUT2D eigenvalue weighted by Gasteiger charge is -2.10. The molecule has 5 rings (SSSR count). The zero-order valence-electron chi connectivity index (χ0n) is 16.9. The summed E-state index contributed by atoms with van der Waals surface area (Å²) < 4.78 is 6.47. The van der Waals surface area contributed by atoms with Crippen LogP contribution in [0, 0.1) is 6.92 Å². The summed E-state index contributed by atoms with van der Waals surface area (Å²) in [6.07, 6.45) is 3.66. The SMILES string of the molecule is C=CCn1c(C)cn2c3c(=O)n(Cc4cccc5ccccc45)c(=O)n(C)c3nc12. The van der Waals surface area contributed by atoms with E-state index in [1.807, 2.05) is 60.2 Å². The fourth-order valence-electron chi connectivity index (χ4n) is 4.15. The smallest absolute Gasteiger partial charge is 0.310 e. The van der Waals surface area contributed by atoms with Crippen LogP contribution in [-0.2, 0) is 20.1 Å². The predicted octanol–water partition coefficient (Wildman–Crippen LogP) is 2.85. The van der Waals surface area contributed by atoms with Crippen molar-refractivity contribution in [3.63, 3.8) is 0 Å². The molecule has 30 heavy (non-hydrogen) atoms. The summed E-state index contributed by atoms with van der Waals surface area (Å²) in [6.45, 7) is 6.52. The van der Waals surface area contributed by atoms with Gasteiger partial charge in [0, 0.05) is 25.5 Å². The van der Waals surface area contributed by atoms with Crippen LogP contribution >= 0.6 is 0 Å². The molecule has 0 bridgehead atoms. The summed E-state index contributed by atoms with van der Waals surface area (Å²) in [5, 5.41) is 2.10. The highest BCUT2D eigenvalue weighted by molar-refractivity contribution is 5.85. The Kier molecular flexibility index (Phi) is 3.99. The molecule has 0 unspecified atom stereocenters. The largest absolute Gasteiger partial charge is 0.332 e. The zero-order chi connectivity index (χ0) is 21.0. The van der Waals surface area contributed by atoms with Gasteiger partial charge in [-0.1, -0.05) is 48.5 Å². The Balaban J connectivity index is 1.80. The molecule has 7 nitrogen and oxygen atoms in total. The lowest BCUT2D eigenvalue weighted by atomic mass is 10.0. The van der Waals surface area contributed by atoms with Gasteiger partial charge in [0.05, 0.1) is 6.54 Å². The van der Waals surface area contributed by atoms with Crippen LogP contribution in [-0.4, -0.2) is 23.1 Å². The summed E-state index contributed by atoms with van der Waals surface area (Å²) >= 11 is 0. The molecule has 0 atom stereocenters. The summed E-state index contributed by atoms with van der Waals surface area (Å²) in [4.78, 5) is 31.1. The van der Waals surface area contributed by atoms with E-state index in [1.165, 1.54) is 9.13 Å². The van der Waals surface area contributed by atoms with Crippen molar-refractivity contribution in [3.8, 4) is 0 Å². The molecular formula is C23H21N5O2. The van der Waals surface area contributed by atoms with Crippen LogP contribution in [0.25, 0.3) is 27.7 Å². The van der Waals surface area contributed by atoms with Crippen molar-refractivity contribution in [3.05, 3.63) is 93.4 Å². The average molecular weight is 399 g/mol. The zero-order valence-corrected chi connectivity index (χ0v) is 16.9. The minimum Gasteiger partial charge on any atom is -0.310 e. The highest BCUT2D eigenvalue weighted by Crippen LogP contribution is 2.20. The molecule has 7 heteroatoms. The van der Waals surface area contributed by atoms with E-state index < -0.39 is 0 Å². The first-order valence-electron chi connectivity index (χ1n) is 9.76. The molecule has 0 fully saturated rings. The normalized spacial score (nSPS) is 11.7. The van der Waals surface area contributed by atoms with E-state index >= 15 is 0 Å². The Morgan fingerprint density at radius 1 is 1.07 bits per heavy atom. The molecule has 0 spiro atoms. The summed E-state index contributed by atoms with van der Waals surface area (Å²) in [7, 11) is 1.65. The molecule has 2 aromatic carbocycles. The van der Waals surface area contributed by atoms with Gasteiger partial charge in [0.1, 0.15) is 0 Å². The lowest BCUT2D eigenvalue weighted by molar-refractivity contribution is 0.659. The first-order valence-corrected chi connectivity index (χ1v) is 9.76. The second kappa shape index (κ2) is 6.59. The molecule has 0 N–H and O–H groups in total. The molecule has 0 amide bonds. The van der Waals surface area contributed by atoms with E-state index in [2.05, 4.69) is 11.6 Å². The molecule has 3 aromatic heterocycles. The van der Waals surface area contributed by atoms with Gasteiger partial charge in [0.25, 0.3) is 5.56 Å². The van der Waals surface area contributed by atoms with Gasteiger partial charge in [-0.25, -0.2) is 4.79 Å². The third-order valence-corrected chi connectivity index (χ3v) is 5.66. The molecule has 0 saturated carbocycles. The quantitative estimate of drug-likeness (QED) is 0.437. The van der Waals surface area contributed by atoms with Crippen LogP contribution in [0.5, 0.6) is 0 Å². The van der Waals surface area contributed by atoms with Crippen molar-refractivity contribution in [1.82, 2.24) is 23.1 Å². The monoisotopic (exact) mass is 399 g/mol. The third-order valence-electron chi connectivity index (χ3n) is 5.66. The van der Waals surface area contributed by atoms with E-state index in [1.54, 1.807) is 17.5 Å². The summed E-state index contributed by atoms with van der Waals surface area (Å²) in [5.41, 5.74) is 1.95. The second-order valence-electron chi connectivity index (χ2n) is 7.49. The standard InChI is InChI=1S/C23H21N5O2/c1-4-12-26-15(2)13-27-19-20(24-22(26)27)25(3)23(30)28(21(19)29)14-17-10-7-9-16-8-5-6-11-18(16)17/h4-11,13H,1,12,14H2,2-3H3. The van der Waals surface area contributed by atoms with E-state index in [4.69, 9.17) is 0 Å². The van der Waals surface area contributed by atoms with Gasteiger partial charge in [-0.05, 0) is 23.3 Å². The van der Waals surface area contributed by atoms with Gasteiger partial charge in [0.2, 0.25) is 5.78 Å². The van der Waals surface area contributed by atoms with Crippen LogP contribution < -0.4 is 11.2 Å². The van der Waals surface area contributed by atoms with Crippen LogP contribution in [0.4, 0.5) is 0 Å². The molecule has 0 radical (unpaired) electrons. The maximum Gasteiger partial charge on any atom is 0.332 e. The Hall–Kier alpha value is -3.87. The number of rotatable bonds is 4. The van der Waals surface area contributed by atoms with Gasteiger partial charge in [-0.3, -0.25) is 18.3 Å². The summed E-state index contributed by atoms with van der Waals surface area (Å²) in [6, 6.07) is 13.9. The van der Waals surface area contributed by atoms with Crippen molar-refractivity contribution in [1.29, 1.82) is 0 Å². The molecule has 0 aliphatic rings. The lowest BCUT2D eigenvalue weighted by Crippen LogP contribution is -2.39. The van der Waals surface area contributed by atoms with Crippen LogP contribution in [0.2, 0.25) is 0 Å². The number of aryl methyl sites for hydroxylation is 2. The first-order chi connectivity index (χ1) is 14.5. The van der Waals surface area contributed by atoms with Crippen LogP contribution in [0.3, 0.4) is 0 Å². The summed E-state index contributed by atoms with van der Waals surface area (Å²) in [5.74, 6) is 0.623. The van der Waals surface area contributed by atoms with Crippen molar-refractivity contribution >= 4 is 27.7 Å². The fraction of sp³-hybridized carbons (Fsp3) is 0.174. The number of fused-ring (bicyclic) bond motifs is 4. The molecule has 0 aliphatic carbocycles. The van der Waals surface area contributed by atoms with Crippen LogP contribution in [0.15, 0.2) is 70.9 Å². The first kappa shape index (κ1) is 18.2. The Morgan fingerprint density at radius 3 is 2.63 bits per heavy atom. The Labute approximate surface area is 171 Å². The fourth-order valence-corrected chi connectivity index (χ4v) is 4.15. The number of hydrogen-bond acceptors (Lipinski definition) is 3. The molecular weight excluding hydrogens is 378 g/mol. The minimum atomic E-state index is -0.381. The van der Waals surface area contributed by atoms with Crippen molar-refractivity contribution in [2.24, 2.45) is 7.05 Å². The van der Waals surface area contributed by atoms with E-state index in [0.29, 0.717) is 23.5 Å². The maximum atomic E-state index is 13.5. The van der Waals surface area contributed by atoms with E-state index in [9.17, 15) is 9.59 Å². The second-order valence-corrected chi connectivity index (χ2v) is 7.49. The average Bonchev–Trinajstić information content (AvgIpc) is 3.26. The number of hydrogen-bond donors (Lipinski definition) is 0. The molecule has 3 heterocycles. The maximum absolute atomic E-state index is 13.5. The Morgan fingerprint density at radius 2 is 1.83 bits per heavy atom. The minimum absolute atomic E-state index is 0.197. The molecule has 150 valence electrons. The predicted molar refractivity (Wildman–Crippen MR) is 118 cm³/mol. The van der Waals surface area contributed by atoms with E-state index in [-0.39, 0.29) is 17.8 Å².